The van der Waals surface area contributed by atoms with E-state index in [1.54, 1.807) is 23.9 Å². The van der Waals surface area contributed by atoms with Gasteiger partial charge in [-0.15, -0.1) is 0 Å². The van der Waals surface area contributed by atoms with Crippen LogP contribution in [0.25, 0.3) is 0 Å². The Morgan fingerprint density at radius 1 is 1.00 bits per heavy atom. The van der Waals surface area contributed by atoms with Crippen LogP contribution in [0.1, 0.15) is 11.3 Å². The highest BCUT2D eigenvalue weighted by atomic mass is 16.3. The first-order valence-electron chi connectivity index (χ1n) is 11.2. The van der Waals surface area contributed by atoms with E-state index in [9.17, 15) is 4.79 Å². The summed E-state index contributed by atoms with van der Waals surface area (Å²) in [7, 11) is 1.75. The van der Waals surface area contributed by atoms with Crippen molar-refractivity contribution in [2.24, 2.45) is 7.05 Å². The topological polar surface area (TPSA) is 98.6 Å². The summed E-state index contributed by atoms with van der Waals surface area (Å²) >= 11 is 0. The Bertz CT molecular complexity index is 1150. The molecule has 0 atom stereocenters. The molecule has 3 heterocycles. The minimum Gasteiger partial charge on any atom is -0.395 e. The Morgan fingerprint density at radius 2 is 1.73 bits per heavy atom. The average Bonchev–Trinajstić information content (AvgIpc) is 2.83. The number of nitrogens with zero attached hydrogens (tertiary/aromatic N) is 5. The van der Waals surface area contributed by atoms with E-state index in [0.717, 1.165) is 49.7 Å². The molecule has 0 spiro atoms. The molecule has 4 rings (SSSR count). The van der Waals surface area contributed by atoms with Crippen molar-refractivity contribution in [3.8, 4) is 0 Å². The van der Waals surface area contributed by atoms with Crippen LogP contribution >= 0.6 is 0 Å². The Balaban J connectivity index is 1.43. The van der Waals surface area contributed by atoms with E-state index in [2.05, 4.69) is 42.5 Å². The number of hydrogen-bond acceptors (Lipinski definition) is 8. The summed E-state index contributed by atoms with van der Waals surface area (Å²) in [5, 5.41) is 15.5. The van der Waals surface area contributed by atoms with Gasteiger partial charge in [0, 0.05) is 68.6 Å². The number of benzene rings is 1. The molecule has 0 amide bonds. The van der Waals surface area contributed by atoms with Gasteiger partial charge in [0.25, 0.3) is 5.56 Å². The van der Waals surface area contributed by atoms with Crippen LogP contribution in [0.15, 0.2) is 47.4 Å². The highest BCUT2D eigenvalue weighted by Crippen LogP contribution is 2.23. The summed E-state index contributed by atoms with van der Waals surface area (Å²) in [6, 6.07) is 11.9. The SMILES string of the molecule is Cc1cnc(Nc2ccc(N3CCN(CCO)CC3)cc2)nc1Nc1ccc(C)n(C)c1=O. The number of nitrogens with one attached hydrogen (secondary N) is 2. The normalized spacial score (nSPS) is 14.4. The smallest absolute Gasteiger partial charge is 0.274 e. The van der Waals surface area contributed by atoms with Crippen molar-refractivity contribution in [1.82, 2.24) is 19.4 Å². The molecular weight excluding hydrogens is 418 g/mol. The molecule has 1 fully saturated rings. The molecule has 9 heteroatoms. The Kier molecular flexibility index (Phi) is 6.90. The van der Waals surface area contributed by atoms with E-state index in [0.29, 0.717) is 17.5 Å². The number of β-amino-alcohol motifs (C(OH)–C–C–N with tert-alkyl or cyclic N) is 1. The molecule has 1 saturated heterocycles. The van der Waals surface area contributed by atoms with E-state index in [1.165, 1.54) is 5.69 Å². The molecule has 0 unspecified atom stereocenters. The van der Waals surface area contributed by atoms with Crippen molar-refractivity contribution in [2.75, 3.05) is 54.9 Å². The quantitative estimate of drug-likeness (QED) is 0.506. The predicted molar refractivity (Wildman–Crippen MR) is 132 cm³/mol. The lowest BCUT2D eigenvalue weighted by Crippen LogP contribution is -2.47. The highest BCUT2D eigenvalue weighted by Gasteiger charge is 2.16. The summed E-state index contributed by atoms with van der Waals surface area (Å²) in [5.74, 6) is 1.04. The molecule has 9 nitrogen and oxygen atoms in total. The van der Waals surface area contributed by atoms with Crippen molar-refractivity contribution in [3.63, 3.8) is 0 Å². The number of piperazine rings is 1. The van der Waals surface area contributed by atoms with Gasteiger partial charge in [0.05, 0.1) is 6.61 Å². The molecule has 1 aliphatic heterocycles. The fourth-order valence-electron chi connectivity index (χ4n) is 3.84. The average molecular weight is 450 g/mol. The van der Waals surface area contributed by atoms with Crippen LogP contribution in [0.2, 0.25) is 0 Å². The molecule has 2 aromatic heterocycles. The molecule has 1 aromatic carbocycles. The number of aromatic nitrogens is 3. The standard InChI is InChI=1S/C24H31N7O2/c1-17-16-25-24(28-22(17)27-21-9-4-18(2)29(3)23(21)33)26-19-5-7-20(8-6-19)31-12-10-30(11-13-31)14-15-32/h4-9,16,32H,10-15H2,1-3H3,(H2,25,26,27,28). The number of aliphatic hydroxyl groups is 1. The minimum atomic E-state index is -0.102. The summed E-state index contributed by atoms with van der Waals surface area (Å²) in [4.78, 5) is 26.1. The molecule has 1 aliphatic rings. The van der Waals surface area contributed by atoms with Crippen LogP contribution in [-0.4, -0.2) is 63.9 Å². The first-order chi connectivity index (χ1) is 15.9. The van der Waals surface area contributed by atoms with E-state index < -0.39 is 0 Å². The molecular formula is C24H31N7O2. The summed E-state index contributed by atoms with van der Waals surface area (Å²) in [6.07, 6.45) is 1.73. The fraction of sp³-hybridized carbons (Fsp3) is 0.375. The lowest BCUT2D eigenvalue weighted by molar-refractivity contribution is 0.189. The largest absolute Gasteiger partial charge is 0.395 e. The van der Waals surface area contributed by atoms with E-state index >= 15 is 0 Å². The van der Waals surface area contributed by atoms with Crippen LogP contribution in [0.5, 0.6) is 0 Å². The van der Waals surface area contributed by atoms with Gasteiger partial charge in [-0.1, -0.05) is 0 Å². The number of aliphatic hydroxyl groups excluding tert-OH is 1. The number of hydrogen-bond donors (Lipinski definition) is 3. The van der Waals surface area contributed by atoms with Crippen LogP contribution < -0.4 is 21.1 Å². The Morgan fingerprint density at radius 3 is 2.42 bits per heavy atom. The van der Waals surface area contributed by atoms with E-state index in [-0.39, 0.29) is 12.2 Å². The van der Waals surface area contributed by atoms with Crippen molar-refractivity contribution < 1.29 is 5.11 Å². The fourth-order valence-corrected chi connectivity index (χ4v) is 3.84. The summed E-state index contributed by atoms with van der Waals surface area (Å²) < 4.78 is 1.60. The maximum absolute atomic E-state index is 12.5. The van der Waals surface area contributed by atoms with Gasteiger partial charge in [-0.05, 0) is 50.2 Å². The number of rotatable bonds is 7. The lowest BCUT2D eigenvalue weighted by atomic mass is 10.2. The first-order valence-corrected chi connectivity index (χ1v) is 11.2. The predicted octanol–water partition coefficient (Wildman–Crippen LogP) is 2.39. The van der Waals surface area contributed by atoms with Crippen molar-refractivity contribution >= 4 is 28.8 Å². The van der Waals surface area contributed by atoms with Gasteiger partial charge in [-0.3, -0.25) is 9.69 Å². The number of aryl methyl sites for hydroxylation is 2. The van der Waals surface area contributed by atoms with Crippen LogP contribution in [0.3, 0.4) is 0 Å². The monoisotopic (exact) mass is 449 g/mol. The molecule has 33 heavy (non-hydrogen) atoms. The molecule has 174 valence electrons. The number of pyridine rings is 1. The van der Waals surface area contributed by atoms with Gasteiger partial charge in [-0.2, -0.15) is 4.98 Å². The lowest BCUT2D eigenvalue weighted by Gasteiger charge is -2.35. The second-order valence-electron chi connectivity index (χ2n) is 8.33. The van der Waals surface area contributed by atoms with Gasteiger partial charge in [-0.25, -0.2) is 4.98 Å². The third-order valence-electron chi connectivity index (χ3n) is 6.06. The first kappa shape index (κ1) is 22.8. The third kappa shape index (κ3) is 5.32. The zero-order valence-corrected chi connectivity index (χ0v) is 19.4. The van der Waals surface area contributed by atoms with Crippen molar-refractivity contribution in [3.05, 3.63) is 64.2 Å². The molecule has 0 radical (unpaired) electrons. The summed E-state index contributed by atoms with van der Waals surface area (Å²) in [5.41, 5.74) is 4.17. The molecule has 3 N–H and O–H groups in total. The van der Waals surface area contributed by atoms with Gasteiger partial charge >= 0.3 is 0 Å². The Hall–Kier alpha value is -3.43. The minimum absolute atomic E-state index is 0.102. The maximum Gasteiger partial charge on any atom is 0.274 e. The summed E-state index contributed by atoms with van der Waals surface area (Å²) in [6.45, 7) is 8.55. The van der Waals surface area contributed by atoms with Gasteiger partial charge < -0.3 is 25.2 Å². The van der Waals surface area contributed by atoms with Crippen LogP contribution in [-0.2, 0) is 7.05 Å². The van der Waals surface area contributed by atoms with Gasteiger partial charge in [0.15, 0.2) is 0 Å². The van der Waals surface area contributed by atoms with Crippen LogP contribution in [0, 0.1) is 13.8 Å². The second kappa shape index (κ2) is 10.0. The number of anilines is 5. The molecule has 0 saturated carbocycles. The highest BCUT2D eigenvalue weighted by molar-refractivity contribution is 5.63. The maximum atomic E-state index is 12.5. The van der Waals surface area contributed by atoms with E-state index in [1.807, 2.05) is 32.0 Å². The van der Waals surface area contributed by atoms with Crippen molar-refractivity contribution in [2.45, 2.75) is 13.8 Å². The molecule has 0 aliphatic carbocycles. The van der Waals surface area contributed by atoms with Gasteiger partial charge in [0.1, 0.15) is 11.5 Å². The zero-order valence-electron chi connectivity index (χ0n) is 19.4. The Labute approximate surface area is 193 Å². The van der Waals surface area contributed by atoms with E-state index in [4.69, 9.17) is 5.11 Å². The molecule has 3 aromatic rings. The van der Waals surface area contributed by atoms with Crippen molar-refractivity contribution in [1.29, 1.82) is 0 Å². The molecule has 0 bridgehead atoms. The van der Waals surface area contributed by atoms with Crippen LogP contribution in [0.4, 0.5) is 28.8 Å². The van der Waals surface area contributed by atoms with Gasteiger partial charge in [0.2, 0.25) is 5.95 Å². The second-order valence-corrected chi connectivity index (χ2v) is 8.33. The zero-order chi connectivity index (χ0) is 23.4. The third-order valence-corrected chi connectivity index (χ3v) is 6.06.